The smallest absolute Gasteiger partial charge is 0.230 e. The van der Waals surface area contributed by atoms with Gasteiger partial charge in [0.25, 0.3) is 0 Å². The van der Waals surface area contributed by atoms with Gasteiger partial charge in [0.15, 0.2) is 0 Å². The lowest BCUT2D eigenvalue weighted by Crippen LogP contribution is -2.57. The van der Waals surface area contributed by atoms with Crippen LogP contribution < -0.4 is 0 Å². The second kappa shape index (κ2) is 3.96. The third kappa shape index (κ3) is 1.49. The van der Waals surface area contributed by atoms with Gasteiger partial charge in [-0.25, -0.2) is 5.53 Å². The molecule has 0 amide bonds. The summed E-state index contributed by atoms with van der Waals surface area (Å²) in [5, 5.41) is 3.82. The highest BCUT2D eigenvalue weighted by Gasteiger charge is 2.40. The summed E-state index contributed by atoms with van der Waals surface area (Å²) in [6, 6.07) is 0. The van der Waals surface area contributed by atoms with E-state index in [1.165, 1.54) is 0 Å². The van der Waals surface area contributed by atoms with Gasteiger partial charge in [-0.2, -0.15) is 0 Å². The lowest BCUT2D eigenvalue weighted by atomic mass is 10.2. The topological polar surface area (TPSA) is 67.4 Å². The Morgan fingerprint density at radius 3 is 2.07 bits per heavy atom. The lowest BCUT2D eigenvalue weighted by Gasteiger charge is -2.41. The molecule has 0 bridgehead atoms. The standard InChI is InChI=1S/C9H16N6/c1-2-9(13-10,14-5-3-11-7-14)15-6-4-12-8-15/h7-8,10H,2-6H2,1H3. The summed E-state index contributed by atoms with van der Waals surface area (Å²) < 4.78 is 0. The number of nitrogens with one attached hydrogen (secondary N) is 1. The molecule has 0 saturated heterocycles. The van der Waals surface area contributed by atoms with Gasteiger partial charge < -0.3 is 9.80 Å². The van der Waals surface area contributed by atoms with Crippen molar-refractivity contribution in [2.75, 3.05) is 26.2 Å². The van der Waals surface area contributed by atoms with E-state index in [1.54, 1.807) is 12.7 Å². The number of aliphatic imine (C=N–C) groups is 2. The van der Waals surface area contributed by atoms with E-state index in [-0.39, 0.29) is 0 Å². The van der Waals surface area contributed by atoms with Crippen LogP contribution in [0.5, 0.6) is 0 Å². The highest BCUT2D eigenvalue weighted by molar-refractivity contribution is 5.63. The van der Waals surface area contributed by atoms with Crippen molar-refractivity contribution in [3.8, 4) is 0 Å². The van der Waals surface area contributed by atoms with Crippen LogP contribution in [0, 0.1) is 5.53 Å². The molecule has 0 radical (unpaired) electrons. The van der Waals surface area contributed by atoms with Crippen molar-refractivity contribution in [3.05, 3.63) is 0 Å². The summed E-state index contributed by atoms with van der Waals surface area (Å²) in [6.07, 6.45) is 4.36. The molecule has 6 nitrogen and oxygen atoms in total. The van der Waals surface area contributed by atoms with Crippen LogP contribution in [0.15, 0.2) is 15.1 Å². The van der Waals surface area contributed by atoms with Crippen molar-refractivity contribution in [1.29, 1.82) is 5.53 Å². The van der Waals surface area contributed by atoms with Gasteiger partial charge in [0.05, 0.1) is 25.8 Å². The van der Waals surface area contributed by atoms with E-state index in [0.717, 1.165) is 32.6 Å². The van der Waals surface area contributed by atoms with Crippen molar-refractivity contribution in [2.24, 2.45) is 15.1 Å². The Kier molecular flexibility index (Phi) is 2.66. The van der Waals surface area contributed by atoms with Crippen LogP contribution in [0.2, 0.25) is 0 Å². The lowest BCUT2D eigenvalue weighted by molar-refractivity contribution is 0.0473. The highest BCUT2D eigenvalue weighted by atomic mass is 15.5. The molecule has 2 aliphatic rings. The normalized spacial score (nSPS) is 20.3. The molecule has 82 valence electrons. The van der Waals surface area contributed by atoms with Gasteiger partial charge in [0, 0.05) is 19.5 Å². The predicted octanol–water partition coefficient (Wildman–Crippen LogP) is 0.769. The van der Waals surface area contributed by atoms with Crippen molar-refractivity contribution < 1.29 is 0 Å². The maximum Gasteiger partial charge on any atom is 0.230 e. The van der Waals surface area contributed by atoms with E-state index in [0.29, 0.717) is 0 Å². The second-order valence-corrected chi connectivity index (χ2v) is 3.67. The predicted molar refractivity (Wildman–Crippen MR) is 58.3 cm³/mol. The Morgan fingerprint density at radius 2 is 1.80 bits per heavy atom. The Hall–Kier alpha value is -1.46. The van der Waals surface area contributed by atoms with Gasteiger partial charge in [-0.3, -0.25) is 9.98 Å². The molecule has 15 heavy (non-hydrogen) atoms. The molecule has 0 atom stereocenters. The summed E-state index contributed by atoms with van der Waals surface area (Å²) in [5.74, 6) is -0.597. The molecular formula is C9H16N6. The third-order valence-electron chi connectivity index (χ3n) is 2.96. The zero-order chi connectivity index (χ0) is 10.7. The van der Waals surface area contributed by atoms with Crippen LogP contribution in [-0.4, -0.2) is 54.4 Å². The quantitative estimate of drug-likeness (QED) is 0.693. The van der Waals surface area contributed by atoms with Gasteiger partial charge >= 0.3 is 0 Å². The van der Waals surface area contributed by atoms with Crippen molar-refractivity contribution in [2.45, 2.75) is 19.1 Å². The van der Waals surface area contributed by atoms with E-state index >= 15 is 0 Å². The minimum atomic E-state index is -0.597. The van der Waals surface area contributed by atoms with Crippen LogP contribution >= 0.6 is 0 Å². The van der Waals surface area contributed by atoms with Crippen LogP contribution in [0.1, 0.15) is 13.3 Å². The van der Waals surface area contributed by atoms with Gasteiger partial charge in [-0.1, -0.05) is 6.92 Å². The summed E-state index contributed by atoms with van der Waals surface area (Å²) in [5.41, 5.74) is 7.46. The van der Waals surface area contributed by atoms with Crippen molar-refractivity contribution in [3.63, 3.8) is 0 Å². The molecule has 2 heterocycles. The zero-order valence-corrected chi connectivity index (χ0v) is 8.93. The molecule has 0 aromatic carbocycles. The van der Waals surface area contributed by atoms with E-state index in [4.69, 9.17) is 5.53 Å². The Balaban J connectivity index is 2.25. The largest absolute Gasteiger partial charge is 0.318 e. The molecule has 2 rings (SSSR count). The van der Waals surface area contributed by atoms with E-state index in [1.807, 2.05) is 16.7 Å². The second-order valence-electron chi connectivity index (χ2n) is 3.67. The molecule has 6 heteroatoms. The molecule has 0 aromatic heterocycles. The van der Waals surface area contributed by atoms with E-state index < -0.39 is 5.79 Å². The summed E-state index contributed by atoms with van der Waals surface area (Å²) in [4.78, 5) is 12.4. The van der Waals surface area contributed by atoms with Crippen LogP contribution in [0.4, 0.5) is 0 Å². The average molecular weight is 208 g/mol. The van der Waals surface area contributed by atoms with E-state index in [9.17, 15) is 0 Å². The molecule has 1 N–H and O–H groups in total. The number of hydrogen-bond acceptors (Lipinski definition) is 6. The zero-order valence-electron chi connectivity index (χ0n) is 8.93. The Bertz CT molecular complexity index is 275. The minimum Gasteiger partial charge on any atom is -0.318 e. The number of hydrogen-bond donors (Lipinski definition) is 1. The molecule has 0 saturated carbocycles. The molecule has 0 aliphatic carbocycles. The maximum atomic E-state index is 7.46. The summed E-state index contributed by atoms with van der Waals surface area (Å²) in [6.45, 7) is 5.29. The first kappa shape index (κ1) is 10.1. The van der Waals surface area contributed by atoms with Gasteiger partial charge in [0.2, 0.25) is 5.79 Å². The van der Waals surface area contributed by atoms with E-state index in [2.05, 4.69) is 15.1 Å². The highest BCUT2D eigenvalue weighted by Crippen LogP contribution is 2.26. The first-order valence-corrected chi connectivity index (χ1v) is 5.25. The third-order valence-corrected chi connectivity index (χ3v) is 2.96. The molecule has 0 spiro atoms. The summed E-state index contributed by atoms with van der Waals surface area (Å²) >= 11 is 0. The number of rotatable bonds is 4. The molecule has 0 aromatic rings. The SMILES string of the molecule is CCC(N=N)(N1C=NCC1)N1C=NCC1. The van der Waals surface area contributed by atoms with Crippen molar-refractivity contribution >= 4 is 12.7 Å². The first-order valence-electron chi connectivity index (χ1n) is 5.25. The fourth-order valence-corrected chi connectivity index (χ4v) is 2.08. The minimum absolute atomic E-state index is 0.597. The van der Waals surface area contributed by atoms with Gasteiger partial charge in [0.1, 0.15) is 0 Å². The fourth-order valence-electron chi connectivity index (χ4n) is 2.08. The van der Waals surface area contributed by atoms with Gasteiger partial charge in [-0.15, -0.1) is 5.11 Å². The molecule has 0 unspecified atom stereocenters. The van der Waals surface area contributed by atoms with Gasteiger partial charge in [-0.05, 0) is 0 Å². The molecular weight excluding hydrogens is 192 g/mol. The first-order chi connectivity index (χ1) is 7.33. The van der Waals surface area contributed by atoms with Crippen molar-refractivity contribution in [1.82, 2.24) is 9.80 Å². The van der Waals surface area contributed by atoms with Crippen LogP contribution in [0.3, 0.4) is 0 Å². The Morgan fingerprint density at radius 1 is 1.27 bits per heavy atom. The van der Waals surface area contributed by atoms with Crippen LogP contribution in [0.25, 0.3) is 0 Å². The number of nitrogens with zero attached hydrogens (tertiary/aromatic N) is 5. The summed E-state index contributed by atoms with van der Waals surface area (Å²) in [7, 11) is 0. The molecule has 2 aliphatic heterocycles. The fraction of sp³-hybridized carbons (Fsp3) is 0.778. The maximum absolute atomic E-state index is 7.46. The molecule has 0 fully saturated rings. The Labute approximate surface area is 89.2 Å². The average Bonchev–Trinajstić information content (AvgIpc) is 2.92. The van der Waals surface area contributed by atoms with Crippen LogP contribution in [-0.2, 0) is 0 Å². The monoisotopic (exact) mass is 208 g/mol.